The van der Waals surface area contributed by atoms with Crippen LogP contribution in [0.5, 0.6) is 0 Å². The molecule has 30 heavy (non-hydrogen) atoms. The summed E-state index contributed by atoms with van der Waals surface area (Å²) in [6, 6.07) is 19.4. The number of hydrogen-bond donors (Lipinski definition) is 2. The number of pyridine rings is 1. The number of nitrogens with one attached hydrogen (secondary N) is 2. The van der Waals surface area contributed by atoms with Crippen molar-refractivity contribution in [1.29, 1.82) is 0 Å². The van der Waals surface area contributed by atoms with Crippen molar-refractivity contribution in [3.63, 3.8) is 0 Å². The van der Waals surface area contributed by atoms with Gasteiger partial charge in [0.25, 0.3) is 0 Å². The summed E-state index contributed by atoms with van der Waals surface area (Å²) >= 11 is 0. The van der Waals surface area contributed by atoms with E-state index in [-0.39, 0.29) is 24.0 Å². The normalized spacial score (nSPS) is 10.7. The van der Waals surface area contributed by atoms with E-state index < -0.39 is 0 Å². The SMILES string of the molecule is CC(=O)Nc1ccc(NC(=O)Cn2c(=O)n(-c3ccccc3)c3ncccc32)cc1. The molecule has 2 N–H and O–H groups in total. The van der Waals surface area contributed by atoms with E-state index in [0.29, 0.717) is 28.2 Å². The van der Waals surface area contributed by atoms with Gasteiger partial charge in [-0.1, -0.05) is 18.2 Å². The quantitative estimate of drug-likeness (QED) is 0.537. The molecular formula is C22H19N5O3. The molecule has 0 bridgehead atoms. The highest BCUT2D eigenvalue weighted by atomic mass is 16.2. The summed E-state index contributed by atoms with van der Waals surface area (Å²) in [7, 11) is 0. The predicted octanol–water partition coefficient (Wildman–Crippen LogP) is 2.78. The number of anilines is 2. The second kappa shape index (κ2) is 8.04. The number of imidazole rings is 1. The Balaban J connectivity index is 1.61. The van der Waals surface area contributed by atoms with Gasteiger partial charge in [0.1, 0.15) is 6.54 Å². The molecule has 2 aromatic heterocycles. The van der Waals surface area contributed by atoms with E-state index in [0.717, 1.165) is 0 Å². The highest BCUT2D eigenvalue weighted by Gasteiger charge is 2.17. The molecule has 4 aromatic rings. The molecular weight excluding hydrogens is 382 g/mol. The maximum atomic E-state index is 13.1. The van der Waals surface area contributed by atoms with Crippen LogP contribution in [0.15, 0.2) is 77.7 Å². The van der Waals surface area contributed by atoms with Crippen LogP contribution >= 0.6 is 0 Å². The second-order valence-electron chi connectivity index (χ2n) is 6.69. The monoisotopic (exact) mass is 401 g/mol. The number of para-hydroxylation sites is 1. The van der Waals surface area contributed by atoms with Gasteiger partial charge >= 0.3 is 5.69 Å². The molecule has 0 aliphatic heterocycles. The highest BCUT2D eigenvalue weighted by molar-refractivity contribution is 5.92. The van der Waals surface area contributed by atoms with Gasteiger partial charge in [-0.15, -0.1) is 0 Å². The van der Waals surface area contributed by atoms with Crippen LogP contribution in [0.25, 0.3) is 16.9 Å². The third-order valence-electron chi connectivity index (χ3n) is 4.50. The maximum absolute atomic E-state index is 13.1. The smallest absolute Gasteiger partial charge is 0.326 e. The molecule has 0 unspecified atom stereocenters. The zero-order chi connectivity index (χ0) is 21.1. The lowest BCUT2D eigenvalue weighted by atomic mass is 10.2. The molecule has 8 nitrogen and oxygen atoms in total. The third kappa shape index (κ3) is 3.83. The Morgan fingerprint density at radius 3 is 2.23 bits per heavy atom. The lowest BCUT2D eigenvalue weighted by molar-refractivity contribution is -0.117. The van der Waals surface area contributed by atoms with Crippen molar-refractivity contribution in [2.45, 2.75) is 13.5 Å². The number of carbonyl (C=O) groups excluding carboxylic acids is 2. The Kier molecular flexibility index (Phi) is 5.13. The van der Waals surface area contributed by atoms with Gasteiger partial charge in [-0.2, -0.15) is 0 Å². The summed E-state index contributed by atoms with van der Waals surface area (Å²) in [6.45, 7) is 1.27. The minimum absolute atomic E-state index is 0.158. The number of hydrogen-bond acceptors (Lipinski definition) is 4. The molecule has 0 aliphatic rings. The summed E-state index contributed by atoms with van der Waals surface area (Å²) < 4.78 is 2.89. The number of benzene rings is 2. The molecule has 0 aliphatic carbocycles. The summed E-state index contributed by atoms with van der Waals surface area (Å²) in [4.78, 5) is 41.1. The molecule has 0 saturated carbocycles. The Morgan fingerprint density at radius 2 is 1.57 bits per heavy atom. The standard InChI is InChI=1S/C22H19N5O3/c1-15(28)24-16-9-11-17(12-10-16)25-20(29)14-26-19-8-5-13-23-21(19)27(22(26)30)18-6-3-2-4-7-18/h2-13H,14H2,1H3,(H,24,28)(H,25,29). The fourth-order valence-electron chi connectivity index (χ4n) is 3.23. The van der Waals surface area contributed by atoms with Crippen molar-refractivity contribution >= 4 is 34.4 Å². The molecule has 0 spiro atoms. The van der Waals surface area contributed by atoms with Crippen LogP contribution in [-0.2, 0) is 16.1 Å². The molecule has 0 saturated heterocycles. The Labute approximate surface area is 171 Å². The van der Waals surface area contributed by atoms with E-state index in [2.05, 4.69) is 15.6 Å². The fourth-order valence-corrected chi connectivity index (χ4v) is 3.23. The molecule has 2 aromatic carbocycles. The molecule has 2 amide bonds. The summed E-state index contributed by atoms with van der Waals surface area (Å²) in [5.74, 6) is -0.519. The van der Waals surface area contributed by atoms with Crippen molar-refractivity contribution in [3.8, 4) is 5.69 Å². The predicted molar refractivity (Wildman–Crippen MR) is 115 cm³/mol. The van der Waals surface area contributed by atoms with Crippen molar-refractivity contribution in [2.24, 2.45) is 0 Å². The minimum atomic E-state index is -0.347. The molecule has 2 heterocycles. The van der Waals surface area contributed by atoms with Crippen LogP contribution < -0.4 is 16.3 Å². The number of amides is 2. The molecule has 0 radical (unpaired) electrons. The van der Waals surface area contributed by atoms with Gasteiger partial charge in [0.05, 0.1) is 11.2 Å². The second-order valence-corrected chi connectivity index (χ2v) is 6.69. The van der Waals surface area contributed by atoms with E-state index in [1.165, 1.54) is 16.1 Å². The Morgan fingerprint density at radius 1 is 0.900 bits per heavy atom. The average Bonchev–Trinajstić information content (AvgIpc) is 3.01. The first kappa shape index (κ1) is 19.1. The average molecular weight is 401 g/mol. The minimum Gasteiger partial charge on any atom is -0.326 e. The van der Waals surface area contributed by atoms with Crippen molar-refractivity contribution in [3.05, 3.63) is 83.4 Å². The largest absolute Gasteiger partial charge is 0.335 e. The Bertz CT molecular complexity index is 1270. The first-order chi connectivity index (χ1) is 14.5. The summed E-state index contributed by atoms with van der Waals surface area (Å²) in [5, 5.41) is 5.44. The molecule has 0 atom stereocenters. The van der Waals surface area contributed by atoms with Crippen molar-refractivity contribution in [2.75, 3.05) is 10.6 Å². The fraction of sp³-hybridized carbons (Fsp3) is 0.0909. The number of rotatable bonds is 5. The van der Waals surface area contributed by atoms with Crippen LogP contribution in [0.4, 0.5) is 11.4 Å². The van der Waals surface area contributed by atoms with Gasteiger partial charge in [-0.3, -0.25) is 14.2 Å². The van der Waals surface area contributed by atoms with E-state index in [1.54, 1.807) is 42.6 Å². The van der Waals surface area contributed by atoms with Crippen LogP contribution in [0, 0.1) is 0 Å². The molecule has 4 rings (SSSR count). The summed E-state index contributed by atoms with van der Waals surface area (Å²) in [5.41, 5.74) is 2.59. The van der Waals surface area contributed by atoms with Crippen LogP contribution in [0.2, 0.25) is 0 Å². The van der Waals surface area contributed by atoms with Gasteiger partial charge in [-0.05, 0) is 48.5 Å². The summed E-state index contributed by atoms with van der Waals surface area (Å²) in [6.07, 6.45) is 1.61. The molecule has 8 heteroatoms. The van der Waals surface area contributed by atoms with Gasteiger partial charge in [0, 0.05) is 24.5 Å². The van der Waals surface area contributed by atoms with Crippen LogP contribution in [0.3, 0.4) is 0 Å². The number of carbonyl (C=O) groups is 2. The van der Waals surface area contributed by atoms with Crippen molar-refractivity contribution < 1.29 is 9.59 Å². The van der Waals surface area contributed by atoms with Gasteiger partial charge in [0.2, 0.25) is 11.8 Å². The van der Waals surface area contributed by atoms with Gasteiger partial charge in [0.15, 0.2) is 5.65 Å². The topological polar surface area (TPSA) is 98.0 Å². The van der Waals surface area contributed by atoms with Crippen LogP contribution in [0.1, 0.15) is 6.92 Å². The number of aromatic nitrogens is 3. The first-order valence-corrected chi connectivity index (χ1v) is 9.32. The highest BCUT2D eigenvalue weighted by Crippen LogP contribution is 2.16. The number of fused-ring (bicyclic) bond motifs is 1. The third-order valence-corrected chi connectivity index (χ3v) is 4.50. The van der Waals surface area contributed by atoms with E-state index in [4.69, 9.17) is 0 Å². The van der Waals surface area contributed by atoms with Crippen LogP contribution in [-0.4, -0.2) is 25.9 Å². The number of nitrogens with zero attached hydrogens (tertiary/aromatic N) is 3. The van der Waals surface area contributed by atoms with E-state index in [9.17, 15) is 14.4 Å². The zero-order valence-electron chi connectivity index (χ0n) is 16.2. The lowest BCUT2D eigenvalue weighted by Crippen LogP contribution is -2.28. The lowest BCUT2D eigenvalue weighted by Gasteiger charge is -2.07. The zero-order valence-corrected chi connectivity index (χ0v) is 16.2. The molecule has 0 fully saturated rings. The van der Waals surface area contributed by atoms with Gasteiger partial charge in [-0.25, -0.2) is 14.3 Å². The first-order valence-electron chi connectivity index (χ1n) is 9.32. The van der Waals surface area contributed by atoms with E-state index in [1.807, 2.05) is 30.3 Å². The maximum Gasteiger partial charge on any atom is 0.335 e. The van der Waals surface area contributed by atoms with Crippen molar-refractivity contribution in [1.82, 2.24) is 14.1 Å². The molecule has 150 valence electrons. The van der Waals surface area contributed by atoms with E-state index >= 15 is 0 Å². The van der Waals surface area contributed by atoms with Gasteiger partial charge < -0.3 is 10.6 Å². The Hall–Kier alpha value is -4.20.